The number of fused-ring (bicyclic) bond motifs is 2. The van der Waals surface area contributed by atoms with Crippen LogP contribution in [0.1, 0.15) is 46.3 Å². The van der Waals surface area contributed by atoms with Crippen LogP contribution < -0.4 is 0 Å². The van der Waals surface area contributed by atoms with Crippen LogP contribution in [-0.4, -0.2) is 79.5 Å². The summed E-state index contributed by atoms with van der Waals surface area (Å²) in [6, 6.07) is 2.07. The standard InChI is InChI=1S/C20H30N2O4S/c1-3-7-21-8-5-20(6-9-21)14-11-18(27-17(14)4-10-26-20)19(24)22-12-15(23)16(13-22)25-2/h11,15-16,23H,3-10,12-13H2,1-2H3/t15-,16-/m0/s1. The van der Waals surface area contributed by atoms with Gasteiger partial charge in [0.25, 0.3) is 5.91 Å². The van der Waals surface area contributed by atoms with E-state index in [0.29, 0.717) is 13.1 Å². The van der Waals surface area contributed by atoms with Crippen LogP contribution >= 0.6 is 11.3 Å². The third-order valence-corrected chi connectivity index (χ3v) is 7.43. The zero-order valence-electron chi connectivity index (χ0n) is 16.3. The van der Waals surface area contributed by atoms with E-state index in [1.54, 1.807) is 23.3 Å². The molecule has 0 aromatic carbocycles. The molecule has 1 aromatic heterocycles. The lowest BCUT2D eigenvalue weighted by molar-refractivity contribution is -0.0970. The second-order valence-electron chi connectivity index (χ2n) is 7.93. The molecule has 1 aromatic rings. The van der Waals surface area contributed by atoms with Gasteiger partial charge in [-0.15, -0.1) is 11.3 Å². The van der Waals surface area contributed by atoms with E-state index in [0.717, 1.165) is 50.4 Å². The number of β-amino-alcohol motifs (C(OH)–C–C–N with tert-alkyl or cyclic N) is 1. The number of aliphatic hydroxyl groups is 1. The van der Waals surface area contributed by atoms with Crippen molar-refractivity contribution in [3.63, 3.8) is 0 Å². The van der Waals surface area contributed by atoms with Gasteiger partial charge in [0, 0.05) is 44.6 Å². The van der Waals surface area contributed by atoms with Gasteiger partial charge in [-0.05, 0) is 37.4 Å². The van der Waals surface area contributed by atoms with E-state index in [4.69, 9.17) is 9.47 Å². The predicted molar refractivity (Wildman–Crippen MR) is 104 cm³/mol. The van der Waals surface area contributed by atoms with E-state index in [9.17, 15) is 9.90 Å². The Kier molecular flexibility index (Phi) is 5.58. The molecule has 2 atom stereocenters. The molecule has 1 spiro atoms. The minimum absolute atomic E-state index is 0.00608. The quantitative estimate of drug-likeness (QED) is 0.845. The SMILES string of the molecule is CCCN1CCC2(CC1)OCCc1sc(C(=O)N3C[C@H](OC)[C@@H](O)C3)cc12. The number of methoxy groups -OCH3 is 1. The first-order chi connectivity index (χ1) is 13.1. The molecule has 0 saturated carbocycles. The van der Waals surface area contributed by atoms with Gasteiger partial charge in [0.15, 0.2) is 0 Å². The van der Waals surface area contributed by atoms with E-state index in [1.807, 2.05) is 0 Å². The van der Waals surface area contributed by atoms with E-state index in [1.165, 1.54) is 16.9 Å². The van der Waals surface area contributed by atoms with Crippen molar-refractivity contribution >= 4 is 17.2 Å². The summed E-state index contributed by atoms with van der Waals surface area (Å²) < 4.78 is 11.6. The molecule has 4 heterocycles. The third kappa shape index (κ3) is 3.56. The Balaban J connectivity index is 1.52. The van der Waals surface area contributed by atoms with Crippen molar-refractivity contribution in [2.45, 2.75) is 50.4 Å². The smallest absolute Gasteiger partial charge is 0.264 e. The molecule has 0 aliphatic carbocycles. The summed E-state index contributed by atoms with van der Waals surface area (Å²) in [4.78, 5) is 19.3. The van der Waals surface area contributed by atoms with E-state index in [2.05, 4.69) is 17.9 Å². The fraction of sp³-hybridized carbons (Fsp3) is 0.750. The molecule has 0 unspecified atom stereocenters. The summed E-state index contributed by atoms with van der Waals surface area (Å²) in [6.07, 6.45) is 3.17. The van der Waals surface area contributed by atoms with E-state index < -0.39 is 6.10 Å². The van der Waals surface area contributed by atoms with Crippen molar-refractivity contribution in [1.82, 2.24) is 9.80 Å². The molecule has 1 amide bonds. The average Bonchev–Trinajstić information content (AvgIpc) is 3.28. The van der Waals surface area contributed by atoms with Crippen LogP contribution in [0.3, 0.4) is 0 Å². The number of aliphatic hydroxyl groups excluding tert-OH is 1. The van der Waals surface area contributed by atoms with Gasteiger partial charge in [0.05, 0.1) is 23.2 Å². The minimum Gasteiger partial charge on any atom is -0.388 e. The molecular formula is C20H30N2O4S. The van der Waals surface area contributed by atoms with Gasteiger partial charge in [-0.3, -0.25) is 4.79 Å². The minimum atomic E-state index is -0.605. The highest BCUT2D eigenvalue weighted by atomic mass is 32.1. The van der Waals surface area contributed by atoms with Gasteiger partial charge in [-0.25, -0.2) is 0 Å². The van der Waals surface area contributed by atoms with Crippen molar-refractivity contribution in [3.05, 3.63) is 21.4 Å². The number of nitrogens with zero attached hydrogens (tertiary/aromatic N) is 2. The zero-order chi connectivity index (χ0) is 19.0. The zero-order valence-corrected chi connectivity index (χ0v) is 17.1. The lowest BCUT2D eigenvalue weighted by Crippen LogP contribution is -2.46. The number of carbonyl (C=O) groups excluding carboxylic acids is 1. The number of likely N-dealkylation sites (tertiary alicyclic amines) is 2. The fourth-order valence-electron chi connectivity index (χ4n) is 4.70. The second-order valence-corrected chi connectivity index (χ2v) is 9.07. The molecular weight excluding hydrogens is 364 g/mol. The summed E-state index contributed by atoms with van der Waals surface area (Å²) in [5.41, 5.74) is 1.02. The number of piperidine rings is 1. The first-order valence-electron chi connectivity index (χ1n) is 10.1. The van der Waals surface area contributed by atoms with Crippen LogP contribution in [0.5, 0.6) is 0 Å². The van der Waals surface area contributed by atoms with Crippen molar-refractivity contribution in [2.24, 2.45) is 0 Å². The van der Waals surface area contributed by atoms with Crippen LogP contribution in [0.2, 0.25) is 0 Å². The predicted octanol–water partition coefficient (Wildman–Crippen LogP) is 1.85. The maximum Gasteiger partial charge on any atom is 0.264 e. The topological polar surface area (TPSA) is 62.2 Å². The number of rotatable bonds is 4. The highest BCUT2D eigenvalue weighted by Gasteiger charge is 2.43. The van der Waals surface area contributed by atoms with Crippen molar-refractivity contribution in [3.8, 4) is 0 Å². The monoisotopic (exact) mass is 394 g/mol. The highest BCUT2D eigenvalue weighted by Crippen LogP contribution is 2.44. The van der Waals surface area contributed by atoms with E-state index in [-0.39, 0.29) is 17.6 Å². The number of hydrogen-bond donors (Lipinski definition) is 1. The fourth-order valence-corrected chi connectivity index (χ4v) is 5.90. The molecule has 0 bridgehead atoms. The Labute approximate surface area is 165 Å². The molecule has 3 aliphatic heterocycles. The van der Waals surface area contributed by atoms with Crippen LogP contribution in [0.4, 0.5) is 0 Å². The van der Waals surface area contributed by atoms with Gasteiger partial charge in [-0.1, -0.05) is 6.92 Å². The van der Waals surface area contributed by atoms with Crippen molar-refractivity contribution < 1.29 is 19.4 Å². The molecule has 27 heavy (non-hydrogen) atoms. The van der Waals surface area contributed by atoms with Gasteiger partial charge in [0.1, 0.15) is 6.10 Å². The summed E-state index contributed by atoms with van der Waals surface area (Å²) in [5, 5.41) is 10.0. The average molecular weight is 395 g/mol. The Morgan fingerprint density at radius 2 is 2.19 bits per heavy atom. The van der Waals surface area contributed by atoms with Crippen LogP contribution in [0.25, 0.3) is 0 Å². The maximum absolute atomic E-state index is 13.0. The molecule has 6 nitrogen and oxygen atoms in total. The van der Waals surface area contributed by atoms with E-state index >= 15 is 0 Å². The van der Waals surface area contributed by atoms with Crippen molar-refractivity contribution in [1.29, 1.82) is 0 Å². The second kappa shape index (κ2) is 7.79. The number of carbonyl (C=O) groups is 1. The van der Waals surface area contributed by atoms with Crippen LogP contribution in [0, 0.1) is 0 Å². The van der Waals surface area contributed by atoms with Gasteiger partial charge in [0.2, 0.25) is 0 Å². The molecule has 3 aliphatic rings. The molecule has 4 rings (SSSR count). The normalized spacial score (nSPS) is 27.9. The van der Waals surface area contributed by atoms with Gasteiger partial charge in [-0.2, -0.15) is 0 Å². The molecule has 2 saturated heterocycles. The van der Waals surface area contributed by atoms with Crippen LogP contribution in [0.15, 0.2) is 6.07 Å². The summed E-state index contributed by atoms with van der Waals surface area (Å²) in [5.74, 6) is 0.00608. The Bertz CT molecular complexity index is 684. The van der Waals surface area contributed by atoms with Crippen molar-refractivity contribution in [2.75, 3.05) is 46.4 Å². The Morgan fingerprint density at radius 3 is 2.85 bits per heavy atom. The van der Waals surface area contributed by atoms with Gasteiger partial charge < -0.3 is 24.4 Å². The Hall–Kier alpha value is -0.990. The van der Waals surface area contributed by atoms with Crippen LogP contribution in [-0.2, 0) is 21.5 Å². The molecule has 150 valence electrons. The lowest BCUT2D eigenvalue weighted by atomic mass is 9.82. The van der Waals surface area contributed by atoms with Gasteiger partial charge >= 0.3 is 0 Å². The summed E-state index contributed by atoms with van der Waals surface area (Å²) in [7, 11) is 1.58. The molecule has 0 radical (unpaired) electrons. The maximum atomic E-state index is 13.0. The lowest BCUT2D eigenvalue weighted by Gasteiger charge is -2.44. The molecule has 2 fully saturated rings. The highest BCUT2D eigenvalue weighted by molar-refractivity contribution is 7.14. The largest absolute Gasteiger partial charge is 0.388 e. The Morgan fingerprint density at radius 1 is 1.41 bits per heavy atom. The molecule has 1 N–H and O–H groups in total. The summed E-state index contributed by atoms with van der Waals surface area (Å²) >= 11 is 1.61. The third-order valence-electron chi connectivity index (χ3n) is 6.25. The first kappa shape index (κ1) is 19.3. The summed E-state index contributed by atoms with van der Waals surface area (Å²) in [6.45, 7) is 7.01. The molecule has 7 heteroatoms. The number of thiophene rings is 1. The first-order valence-corrected chi connectivity index (χ1v) is 10.9. The number of amides is 1. The number of ether oxygens (including phenoxy) is 2. The number of hydrogen-bond acceptors (Lipinski definition) is 6.